The van der Waals surface area contributed by atoms with Gasteiger partial charge in [0.05, 0.1) is 7.11 Å². The first kappa shape index (κ1) is 18.6. The number of nitrogens with one attached hydrogen (secondary N) is 2. The predicted molar refractivity (Wildman–Crippen MR) is 92.7 cm³/mol. The van der Waals surface area contributed by atoms with Gasteiger partial charge in [-0.2, -0.15) is 0 Å². The van der Waals surface area contributed by atoms with Crippen molar-refractivity contribution in [2.24, 2.45) is 0 Å². The van der Waals surface area contributed by atoms with Crippen LogP contribution in [-0.4, -0.2) is 28.0 Å². The van der Waals surface area contributed by atoms with E-state index in [1.165, 1.54) is 19.3 Å². The van der Waals surface area contributed by atoms with E-state index in [0.717, 1.165) is 12.1 Å². The highest BCUT2D eigenvalue weighted by Gasteiger charge is 2.20. The van der Waals surface area contributed by atoms with Crippen molar-refractivity contribution in [2.75, 3.05) is 19.0 Å². The highest BCUT2D eigenvalue weighted by molar-refractivity contribution is 7.89. The van der Waals surface area contributed by atoms with E-state index in [0.29, 0.717) is 11.4 Å². The van der Waals surface area contributed by atoms with Crippen LogP contribution in [0.5, 0.6) is 5.75 Å². The van der Waals surface area contributed by atoms with Crippen molar-refractivity contribution in [2.45, 2.75) is 4.90 Å². The Hall–Kier alpha value is -2.71. The third-order valence-electron chi connectivity index (χ3n) is 3.23. The van der Waals surface area contributed by atoms with Gasteiger partial charge in [0.15, 0.2) is 0 Å². The van der Waals surface area contributed by atoms with E-state index in [9.17, 15) is 17.6 Å². The Kier molecular flexibility index (Phi) is 5.89. The van der Waals surface area contributed by atoms with Gasteiger partial charge in [0.2, 0.25) is 10.0 Å². The average Bonchev–Trinajstić information content (AvgIpc) is 2.60. The molecule has 2 rings (SSSR count). The van der Waals surface area contributed by atoms with Crippen molar-refractivity contribution in [1.29, 1.82) is 0 Å². The molecule has 0 saturated carbocycles. The molecule has 0 aliphatic carbocycles. The molecule has 0 bridgehead atoms. The zero-order valence-corrected chi connectivity index (χ0v) is 14.3. The van der Waals surface area contributed by atoms with Crippen molar-refractivity contribution in [3.05, 3.63) is 66.5 Å². The number of carbonyl (C=O) groups is 1. The zero-order chi connectivity index (χ0) is 18.4. The summed E-state index contributed by atoms with van der Waals surface area (Å²) in [7, 11) is -2.59. The van der Waals surface area contributed by atoms with E-state index in [4.69, 9.17) is 4.74 Å². The normalized spacial score (nSPS) is 11.0. The molecule has 0 unspecified atom stereocenters. The van der Waals surface area contributed by atoms with Gasteiger partial charge in [-0.1, -0.05) is 12.1 Å². The van der Waals surface area contributed by atoms with E-state index in [2.05, 4.69) is 16.6 Å². The van der Waals surface area contributed by atoms with E-state index in [-0.39, 0.29) is 12.1 Å². The molecule has 0 spiro atoms. The molecule has 132 valence electrons. The fraction of sp³-hybridized carbons (Fsp3) is 0.118. The third kappa shape index (κ3) is 4.65. The number of hydrogen-bond acceptors (Lipinski definition) is 4. The highest BCUT2D eigenvalue weighted by Crippen LogP contribution is 2.20. The van der Waals surface area contributed by atoms with Gasteiger partial charge in [-0.25, -0.2) is 17.5 Å². The van der Waals surface area contributed by atoms with Gasteiger partial charge in [-0.05, 0) is 30.3 Å². The molecular formula is C17H17FN2O4S. The maximum Gasteiger partial charge on any atom is 0.255 e. The largest absolute Gasteiger partial charge is 0.497 e. The van der Waals surface area contributed by atoms with Crippen LogP contribution in [0.2, 0.25) is 0 Å². The minimum Gasteiger partial charge on any atom is -0.497 e. The molecular weight excluding hydrogens is 347 g/mol. The Balaban J connectivity index is 2.29. The molecule has 2 N–H and O–H groups in total. The summed E-state index contributed by atoms with van der Waals surface area (Å²) in [6, 6.07) is 9.77. The lowest BCUT2D eigenvalue weighted by Crippen LogP contribution is -2.25. The van der Waals surface area contributed by atoms with Crippen LogP contribution >= 0.6 is 0 Å². The minimum absolute atomic E-state index is 0.00296. The van der Waals surface area contributed by atoms with Gasteiger partial charge in [0.1, 0.15) is 16.5 Å². The number of carbonyl (C=O) groups excluding carboxylic acids is 1. The average molecular weight is 364 g/mol. The topological polar surface area (TPSA) is 84.5 Å². The first-order valence-electron chi connectivity index (χ1n) is 7.23. The molecule has 0 atom stereocenters. The van der Waals surface area contributed by atoms with Crippen molar-refractivity contribution in [1.82, 2.24) is 4.72 Å². The maximum atomic E-state index is 13.9. The van der Waals surface area contributed by atoms with Crippen LogP contribution in [0.4, 0.5) is 10.1 Å². The van der Waals surface area contributed by atoms with Crippen molar-refractivity contribution >= 4 is 21.6 Å². The molecule has 2 aromatic carbocycles. The lowest BCUT2D eigenvalue weighted by atomic mass is 10.2. The SMILES string of the molecule is C=CCNS(=O)(=O)c1cc(C(=O)Nc2cccc(OC)c2)ccc1F. The molecule has 0 aromatic heterocycles. The molecule has 25 heavy (non-hydrogen) atoms. The Labute approximate surface area is 145 Å². The number of anilines is 1. The maximum absolute atomic E-state index is 13.9. The number of methoxy groups -OCH3 is 1. The number of amides is 1. The smallest absolute Gasteiger partial charge is 0.255 e. The molecule has 0 aliphatic rings. The van der Waals surface area contributed by atoms with Gasteiger partial charge in [-0.15, -0.1) is 6.58 Å². The molecule has 0 heterocycles. The van der Waals surface area contributed by atoms with Gasteiger partial charge < -0.3 is 10.1 Å². The summed E-state index contributed by atoms with van der Waals surface area (Å²) >= 11 is 0. The summed E-state index contributed by atoms with van der Waals surface area (Å²) in [5.41, 5.74) is 0.464. The van der Waals surface area contributed by atoms with Crippen LogP contribution in [0.1, 0.15) is 10.4 Å². The second kappa shape index (κ2) is 7.91. The molecule has 0 saturated heterocycles. The fourth-order valence-electron chi connectivity index (χ4n) is 2.00. The van der Waals surface area contributed by atoms with Gasteiger partial charge in [0.25, 0.3) is 5.91 Å². The molecule has 0 radical (unpaired) electrons. The van der Waals surface area contributed by atoms with Gasteiger partial charge in [0, 0.05) is 23.9 Å². The number of rotatable bonds is 7. The number of benzene rings is 2. The molecule has 0 fully saturated rings. The van der Waals surface area contributed by atoms with Gasteiger partial charge in [-0.3, -0.25) is 4.79 Å². The summed E-state index contributed by atoms with van der Waals surface area (Å²) in [6.07, 6.45) is 1.33. The number of hydrogen-bond donors (Lipinski definition) is 2. The van der Waals surface area contributed by atoms with Crippen LogP contribution in [0, 0.1) is 5.82 Å². The second-order valence-electron chi connectivity index (χ2n) is 4.97. The minimum atomic E-state index is -4.09. The Bertz CT molecular complexity index is 897. The van der Waals surface area contributed by atoms with E-state index < -0.39 is 26.6 Å². The van der Waals surface area contributed by atoms with Crippen LogP contribution in [-0.2, 0) is 10.0 Å². The quantitative estimate of drug-likeness (QED) is 0.740. The zero-order valence-electron chi connectivity index (χ0n) is 13.5. The molecule has 8 heteroatoms. The predicted octanol–water partition coefficient (Wildman–Crippen LogP) is 2.55. The monoisotopic (exact) mass is 364 g/mol. The number of sulfonamides is 1. The lowest BCUT2D eigenvalue weighted by Gasteiger charge is -2.10. The van der Waals surface area contributed by atoms with E-state index in [1.807, 2.05) is 0 Å². The second-order valence-corrected chi connectivity index (χ2v) is 6.71. The fourth-order valence-corrected chi connectivity index (χ4v) is 3.10. The van der Waals surface area contributed by atoms with Crippen LogP contribution in [0.15, 0.2) is 60.0 Å². The Morgan fingerprint density at radius 3 is 2.72 bits per heavy atom. The van der Waals surface area contributed by atoms with Gasteiger partial charge >= 0.3 is 0 Å². The highest BCUT2D eigenvalue weighted by atomic mass is 32.2. The van der Waals surface area contributed by atoms with Crippen LogP contribution < -0.4 is 14.8 Å². The van der Waals surface area contributed by atoms with E-state index >= 15 is 0 Å². The van der Waals surface area contributed by atoms with Crippen molar-refractivity contribution in [3.8, 4) is 5.75 Å². The van der Waals surface area contributed by atoms with Crippen LogP contribution in [0.3, 0.4) is 0 Å². The lowest BCUT2D eigenvalue weighted by molar-refractivity contribution is 0.102. The summed E-state index contributed by atoms with van der Waals surface area (Å²) in [6.45, 7) is 3.34. The number of ether oxygens (including phenoxy) is 1. The standard InChI is InChI=1S/C17H17FN2O4S/c1-3-9-19-25(22,23)16-10-12(7-8-15(16)18)17(21)20-13-5-4-6-14(11-13)24-2/h3-8,10-11,19H,1,9H2,2H3,(H,20,21). The Morgan fingerprint density at radius 2 is 2.04 bits per heavy atom. The Morgan fingerprint density at radius 1 is 1.28 bits per heavy atom. The van der Waals surface area contributed by atoms with Crippen molar-refractivity contribution in [3.63, 3.8) is 0 Å². The summed E-state index contributed by atoms with van der Waals surface area (Å²) in [4.78, 5) is 11.7. The first-order valence-corrected chi connectivity index (χ1v) is 8.71. The summed E-state index contributed by atoms with van der Waals surface area (Å²) < 4.78 is 45.3. The summed E-state index contributed by atoms with van der Waals surface area (Å²) in [5.74, 6) is -0.975. The van der Waals surface area contributed by atoms with Crippen LogP contribution in [0.25, 0.3) is 0 Å². The summed E-state index contributed by atoms with van der Waals surface area (Å²) in [5, 5.41) is 2.60. The molecule has 2 aromatic rings. The molecule has 0 aliphatic heterocycles. The third-order valence-corrected chi connectivity index (χ3v) is 4.67. The van der Waals surface area contributed by atoms with Crippen molar-refractivity contribution < 1.29 is 22.3 Å². The molecule has 6 nitrogen and oxygen atoms in total. The first-order chi connectivity index (χ1) is 11.9. The number of halogens is 1. The van der Waals surface area contributed by atoms with E-state index in [1.54, 1.807) is 24.3 Å². The molecule has 1 amide bonds.